The third kappa shape index (κ3) is 3.89. The van der Waals surface area contributed by atoms with Crippen LogP contribution in [-0.2, 0) is 9.59 Å². The second kappa shape index (κ2) is 8.70. The molecule has 4 aliphatic carbocycles. The minimum absolute atomic E-state index is 0.121. The SMILES string of the molecule is CC(=O)[C@H]1CCC2C3CCC4=C/C(=N/CNC(=O)[C@@H](N)C(C)C)CC[C@]4(C)C3CC[C@@]21C. The Balaban J connectivity index is 1.46. The smallest absolute Gasteiger partial charge is 0.238 e. The van der Waals surface area contributed by atoms with E-state index in [1.54, 1.807) is 5.57 Å². The van der Waals surface area contributed by atoms with Gasteiger partial charge in [0.2, 0.25) is 5.91 Å². The van der Waals surface area contributed by atoms with Gasteiger partial charge in [-0.3, -0.25) is 14.6 Å². The van der Waals surface area contributed by atoms with Gasteiger partial charge in [-0.15, -0.1) is 0 Å². The number of amides is 1. The molecule has 0 aromatic heterocycles. The van der Waals surface area contributed by atoms with Gasteiger partial charge in [0, 0.05) is 11.6 Å². The molecule has 0 aromatic rings. The predicted molar refractivity (Wildman–Crippen MR) is 129 cm³/mol. The zero-order chi connectivity index (χ0) is 23.3. The molecular weight excluding hydrogens is 398 g/mol. The van der Waals surface area contributed by atoms with Crippen LogP contribution in [0.2, 0.25) is 0 Å². The number of hydrogen-bond acceptors (Lipinski definition) is 4. The predicted octanol–water partition coefficient (Wildman–Crippen LogP) is 4.65. The van der Waals surface area contributed by atoms with Crippen molar-refractivity contribution in [2.24, 2.45) is 51.1 Å². The summed E-state index contributed by atoms with van der Waals surface area (Å²) in [4.78, 5) is 29.1. The van der Waals surface area contributed by atoms with E-state index < -0.39 is 6.04 Å². The van der Waals surface area contributed by atoms with Crippen molar-refractivity contribution in [3.63, 3.8) is 0 Å². The number of nitrogens with one attached hydrogen (secondary N) is 1. The van der Waals surface area contributed by atoms with E-state index in [4.69, 9.17) is 10.7 Å². The standard InChI is InChI=1S/C27H43N3O2/c1-16(2)24(28)25(32)30-15-29-19-10-12-26(4)18(14-19)6-7-20-22-9-8-21(17(3)31)27(22,5)13-11-23(20)26/h14,16,20-24H,6-13,15,28H2,1-5H3,(H,30,32)/b29-19+/t20?,21-,22?,23?,24+,26+,27-/m1/s1. The van der Waals surface area contributed by atoms with E-state index in [0.717, 1.165) is 43.2 Å². The quantitative estimate of drug-likeness (QED) is 0.651. The number of carbonyl (C=O) groups is 2. The van der Waals surface area contributed by atoms with Crippen LogP contribution in [0, 0.1) is 40.4 Å². The maximum atomic E-state index is 12.3. The number of carbonyl (C=O) groups excluding carboxylic acids is 2. The van der Waals surface area contributed by atoms with E-state index in [0.29, 0.717) is 18.4 Å². The van der Waals surface area contributed by atoms with Crippen LogP contribution in [-0.4, -0.2) is 30.1 Å². The Hall–Kier alpha value is -1.49. The molecular formula is C27H43N3O2. The third-order valence-electron chi connectivity index (χ3n) is 10.0. The monoisotopic (exact) mass is 441 g/mol. The molecule has 3 N–H and O–H groups in total. The van der Waals surface area contributed by atoms with Gasteiger partial charge >= 0.3 is 0 Å². The minimum Gasteiger partial charge on any atom is -0.336 e. The van der Waals surface area contributed by atoms with Crippen molar-refractivity contribution in [1.29, 1.82) is 0 Å². The van der Waals surface area contributed by atoms with E-state index in [1.165, 1.54) is 25.7 Å². The van der Waals surface area contributed by atoms with Gasteiger partial charge in [-0.05, 0) is 98.9 Å². The maximum Gasteiger partial charge on any atom is 0.238 e. The van der Waals surface area contributed by atoms with Gasteiger partial charge in [0.25, 0.3) is 0 Å². The van der Waals surface area contributed by atoms with Crippen LogP contribution in [0.5, 0.6) is 0 Å². The van der Waals surface area contributed by atoms with E-state index in [-0.39, 0.29) is 28.6 Å². The van der Waals surface area contributed by atoms with Crippen LogP contribution in [0.4, 0.5) is 0 Å². The lowest BCUT2D eigenvalue weighted by Gasteiger charge is -2.58. The normalized spacial score (nSPS) is 40.8. The largest absolute Gasteiger partial charge is 0.336 e. The number of rotatable bonds is 5. The highest BCUT2D eigenvalue weighted by Gasteiger charge is 2.59. The van der Waals surface area contributed by atoms with Gasteiger partial charge in [0.15, 0.2) is 0 Å². The highest BCUT2D eigenvalue weighted by Crippen LogP contribution is 2.66. The van der Waals surface area contributed by atoms with Gasteiger partial charge in [0.05, 0.1) is 6.04 Å². The van der Waals surface area contributed by atoms with Gasteiger partial charge in [-0.1, -0.05) is 33.3 Å². The Bertz CT molecular complexity index is 831. The highest BCUT2D eigenvalue weighted by atomic mass is 16.2. The number of Topliss-reactive ketones (excluding diaryl/α,β-unsaturated/α-hetero) is 1. The number of nitrogens with zero attached hydrogens (tertiary/aromatic N) is 1. The van der Waals surface area contributed by atoms with Crippen molar-refractivity contribution in [3.8, 4) is 0 Å². The molecule has 0 aromatic carbocycles. The Morgan fingerprint density at radius 3 is 2.56 bits per heavy atom. The van der Waals surface area contributed by atoms with E-state index in [9.17, 15) is 9.59 Å². The summed E-state index contributed by atoms with van der Waals surface area (Å²) in [6.45, 7) is 11.0. The zero-order valence-electron chi connectivity index (χ0n) is 20.7. The first-order valence-electron chi connectivity index (χ1n) is 12.9. The lowest BCUT2D eigenvalue weighted by atomic mass is 9.46. The first-order valence-corrected chi connectivity index (χ1v) is 12.9. The van der Waals surface area contributed by atoms with Crippen molar-refractivity contribution in [2.75, 3.05) is 6.67 Å². The molecule has 0 spiro atoms. The molecule has 0 aliphatic heterocycles. The van der Waals surface area contributed by atoms with Crippen molar-refractivity contribution < 1.29 is 9.59 Å². The number of fused-ring (bicyclic) bond motifs is 5. The molecule has 0 bridgehead atoms. The lowest BCUT2D eigenvalue weighted by molar-refractivity contribution is -0.127. The zero-order valence-corrected chi connectivity index (χ0v) is 20.7. The summed E-state index contributed by atoms with van der Waals surface area (Å²) in [7, 11) is 0. The second-order valence-electron chi connectivity index (χ2n) is 11.9. The molecule has 7 atom stereocenters. The first-order chi connectivity index (χ1) is 15.1. The highest BCUT2D eigenvalue weighted by molar-refractivity contribution is 5.97. The molecule has 0 saturated heterocycles. The van der Waals surface area contributed by atoms with Crippen LogP contribution in [0.1, 0.15) is 86.0 Å². The Labute approximate surface area is 194 Å². The molecule has 32 heavy (non-hydrogen) atoms. The fraction of sp³-hybridized carbons (Fsp3) is 0.815. The average Bonchev–Trinajstić information content (AvgIpc) is 3.10. The van der Waals surface area contributed by atoms with E-state index in [1.807, 2.05) is 20.8 Å². The third-order valence-corrected chi connectivity index (χ3v) is 10.0. The summed E-state index contributed by atoms with van der Waals surface area (Å²) in [6, 6.07) is -0.478. The van der Waals surface area contributed by atoms with Crippen LogP contribution >= 0.6 is 0 Å². The summed E-state index contributed by atoms with van der Waals surface area (Å²) in [5, 5.41) is 2.87. The Morgan fingerprint density at radius 1 is 1.12 bits per heavy atom. The fourth-order valence-electron chi connectivity index (χ4n) is 8.00. The number of aliphatic imine (C=N–C) groups is 1. The van der Waals surface area contributed by atoms with Crippen molar-refractivity contribution >= 4 is 17.4 Å². The van der Waals surface area contributed by atoms with Crippen molar-refractivity contribution in [1.82, 2.24) is 5.32 Å². The Kier molecular flexibility index (Phi) is 6.43. The van der Waals surface area contributed by atoms with Gasteiger partial charge in [0.1, 0.15) is 12.5 Å². The summed E-state index contributed by atoms with van der Waals surface area (Å²) < 4.78 is 0. The Morgan fingerprint density at radius 2 is 1.88 bits per heavy atom. The number of ketones is 1. The molecule has 178 valence electrons. The van der Waals surface area contributed by atoms with Gasteiger partial charge in [-0.25, -0.2) is 0 Å². The average molecular weight is 442 g/mol. The molecule has 3 saturated carbocycles. The number of nitrogens with two attached hydrogens (primary N) is 1. The summed E-state index contributed by atoms with van der Waals surface area (Å²) in [5.74, 6) is 2.90. The van der Waals surface area contributed by atoms with Gasteiger partial charge in [-0.2, -0.15) is 0 Å². The van der Waals surface area contributed by atoms with E-state index >= 15 is 0 Å². The fourth-order valence-corrected chi connectivity index (χ4v) is 8.00. The van der Waals surface area contributed by atoms with Crippen molar-refractivity contribution in [3.05, 3.63) is 11.6 Å². The molecule has 1 amide bonds. The summed E-state index contributed by atoms with van der Waals surface area (Å²) in [5.41, 5.74) is 9.10. The second-order valence-corrected chi connectivity index (χ2v) is 11.9. The summed E-state index contributed by atoms with van der Waals surface area (Å²) in [6.07, 6.45) is 11.7. The van der Waals surface area contributed by atoms with E-state index in [2.05, 4.69) is 25.2 Å². The minimum atomic E-state index is -0.478. The molecule has 0 heterocycles. The number of allylic oxidation sites excluding steroid dienone is 2. The maximum absolute atomic E-state index is 12.3. The summed E-state index contributed by atoms with van der Waals surface area (Å²) >= 11 is 0. The molecule has 4 aliphatic rings. The molecule has 3 fully saturated rings. The van der Waals surface area contributed by atoms with Crippen LogP contribution in [0.25, 0.3) is 0 Å². The van der Waals surface area contributed by atoms with Crippen LogP contribution in [0.3, 0.4) is 0 Å². The number of hydrogen-bond donors (Lipinski definition) is 2. The molecule has 3 unspecified atom stereocenters. The first kappa shape index (κ1) is 23.7. The molecule has 4 rings (SSSR count). The lowest BCUT2D eigenvalue weighted by Crippen LogP contribution is -2.51. The van der Waals surface area contributed by atoms with Crippen LogP contribution < -0.4 is 11.1 Å². The van der Waals surface area contributed by atoms with Crippen LogP contribution in [0.15, 0.2) is 16.6 Å². The topological polar surface area (TPSA) is 84.5 Å². The molecule has 5 heteroatoms. The molecule has 0 radical (unpaired) electrons. The van der Waals surface area contributed by atoms with Gasteiger partial charge < -0.3 is 11.1 Å². The molecule has 5 nitrogen and oxygen atoms in total. The van der Waals surface area contributed by atoms with Crippen molar-refractivity contribution in [2.45, 2.75) is 92.0 Å².